The van der Waals surface area contributed by atoms with E-state index < -0.39 is 15.4 Å². The Bertz CT molecular complexity index is 233. The van der Waals surface area contributed by atoms with Crippen LogP contribution in [0.25, 0.3) is 0 Å². The van der Waals surface area contributed by atoms with E-state index in [4.69, 9.17) is 4.55 Å². The van der Waals surface area contributed by atoms with Crippen molar-refractivity contribution in [2.45, 2.75) is 24.5 Å². The summed E-state index contributed by atoms with van der Waals surface area (Å²) in [7, 11) is -2.60. The highest BCUT2D eigenvalue weighted by Gasteiger charge is 2.21. The molecule has 1 N–H and O–H groups in total. The molecule has 0 aromatic rings. The zero-order valence-electron chi connectivity index (χ0n) is 7.47. The molecule has 6 heteroatoms. The molecule has 0 amide bonds. The van der Waals surface area contributed by atoms with Crippen LogP contribution in [0.2, 0.25) is 0 Å². The van der Waals surface area contributed by atoms with Crippen LogP contribution in [0.5, 0.6) is 0 Å². The molecule has 0 bridgehead atoms. The second-order valence-electron chi connectivity index (χ2n) is 2.66. The normalized spacial score (nSPS) is 14.0. The summed E-state index contributed by atoms with van der Waals surface area (Å²) in [4.78, 5) is 10.0. The van der Waals surface area contributed by atoms with Gasteiger partial charge in [-0.3, -0.25) is 4.55 Å². The van der Waals surface area contributed by atoms with E-state index in [1.54, 1.807) is 0 Å². The third kappa shape index (κ3) is 5.73. The molecule has 0 aliphatic carbocycles. The van der Waals surface area contributed by atoms with Crippen molar-refractivity contribution in [3.63, 3.8) is 0 Å². The van der Waals surface area contributed by atoms with Gasteiger partial charge in [0.1, 0.15) is 6.29 Å². The Hall–Kier alpha value is -0.460. The predicted octanol–water partition coefficient (Wildman–Crippen LogP) is 0.258. The quantitative estimate of drug-likeness (QED) is 0.481. The van der Waals surface area contributed by atoms with Crippen LogP contribution in [0, 0.1) is 0 Å². The first kappa shape index (κ1) is 12.5. The lowest BCUT2D eigenvalue weighted by Gasteiger charge is -2.10. The summed E-state index contributed by atoms with van der Waals surface area (Å²) in [6.45, 7) is 0.253. The molecular weight excluding hydrogens is 196 g/mol. The van der Waals surface area contributed by atoms with Gasteiger partial charge in [-0.2, -0.15) is 8.42 Å². The van der Waals surface area contributed by atoms with Gasteiger partial charge < -0.3 is 9.53 Å². The molecule has 0 radical (unpaired) electrons. The van der Waals surface area contributed by atoms with Gasteiger partial charge in [-0.05, 0) is 12.8 Å². The molecule has 0 spiro atoms. The van der Waals surface area contributed by atoms with E-state index in [9.17, 15) is 13.2 Å². The summed E-state index contributed by atoms with van der Waals surface area (Å²) in [6.07, 6.45) is 1.12. The number of aldehydes is 1. The van der Waals surface area contributed by atoms with Gasteiger partial charge >= 0.3 is 0 Å². The van der Waals surface area contributed by atoms with Gasteiger partial charge in [-0.25, -0.2) is 0 Å². The highest BCUT2D eigenvalue weighted by molar-refractivity contribution is 7.86. The van der Waals surface area contributed by atoms with Gasteiger partial charge in [0.15, 0.2) is 0 Å². The minimum Gasteiger partial charge on any atom is -0.385 e. The lowest BCUT2D eigenvalue weighted by Crippen LogP contribution is -2.22. The number of rotatable bonds is 7. The van der Waals surface area contributed by atoms with E-state index in [0.29, 0.717) is 6.29 Å². The maximum atomic E-state index is 10.7. The molecule has 1 unspecified atom stereocenters. The minimum atomic E-state index is -4.05. The first-order valence-electron chi connectivity index (χ1n) is 3.91. The van der Waals surface area contributed by atoms with Crippen molar-refractivity contribution in [3.05, 3.63) is 0 Å². The largest absolute Gasteiger partial charge is 0.385 e. The molecule has 0 rings (SSSR count). The molecule has 1 atom stereocenters. The molecule has 0 saturated carbocycles. The molecule has 0 saturated heterocycles. The van der Waals surface area contributed by atoms with E-state index in [1.165, 1.54) is 7.11 Å². The van der Waals surface area contributed by atoms with Crippen molar-refractivity contribution in [1.82, 2.24) is 0 Å². The fourth-order valence-corrected chi connectivity index (χ4v) is 1.77. The summed E-state index contributed by atoms with van der Waals surface area (Å²) in [5, 5.41) is -0.891. The monoisotopic (exact) mass is 210 g/mol. The van der Waals surface area contributed by atoms with Crippen LogP contribution in [-0.2, 0) is 19.6 Å². The number of carbonyl (C=O) groups excluding carboxylic acids is 1. The number of hydrogen-bond acceptors (Lipinski definition) is 4. The number of ether oxygens (including phenoxy) is 1. The summed E-state index contributed by atoms with van der Waals surface area (Å²) < 4.78 is 34.9. The number of carbonyl (C=O) groups is 1. The van der Waals surface area contributed by atoms with E-state index in [2.05, 4.69) is 4.74 Å². The molecular formula is C7H14O5S. The fraction of sp³-hybridized carbons (Fsp3) is 0.857. The smallest absolute Gasteiger partial charge is 0.267 e. The summed E-state index contributed by atoms with van der Waals surface area (Å²) in [6, 6.07) is 0. The van der Waals surface area contributed by atoms with E-state index in [0.717, 1.165) is 0 Å². The Morgan fingerprint density at radius 3 is 2.46 bits per heavy atom. The Labute approximate surface area is 77.8 Å². The third-order valence-electron chi connectivity index (χ3n) is 1.67. The van der Waals surface area contributed by atoms with Gasteiger partial charge in [0.25, 0.3) is 10.1 Å². The Morgan fingerprint density at radius 1 is 1.46 bits per heavy atom. The summed E-state index contributed by atoms with van der Waals surface area (Å²) in [5.41, 5.74) is 0. The number of hydrogen-bond donors (Lipinski definition) is 1. The fourth-order valence-electron chi connectivity index (χ4n) is 0.945. The van der Waals surface area contributed by atoms with Crippen LogP contribution >= 0.6 is 0 Å². The van der Waals surface area contributed by atoms with Crippen molar-refractivity contribution >= 4 is 16.4 Å². The van der Waals surface area contributed by atoms with Crippen molar-refractivity contribution in [2.75, 3.05) is 13.7 Å². The Morgan fingerprint density at radius 2 is 2.08 bits per heavy atom. The van der Waals surface area contributed by atoms with Crippen molar-refractivity contribution in [1.29, 1.82) is 0 Å². The van der Waals surface area contributed by atoms with Crippen molar-refractivity contribution in [2.24, 2.45) is 0 Å². The molecule has 13 heavy (non-hydrogen) atoms. The van der Waals surface area contributed by atoms with Crippen LogP contribution < -0.4 is 0 Å². The molecule has 0 aliphatic rings. The van der Waals surface area contributed by atoms with Crippen LogP contribution in [0.4, 0.5) is 0 Å². The van der Waals surface area contributed by atoms with E-state index >= 15 is 0 Å². The first-order chi connectivity index (χ1) is 6.02. The molecule has 0 aromatic carbocycles. The molecule has 0 aliphatic heterocycles. The van der Waals surface area contributed by atoms with Gasteiger partial charge in [-0.1, -0.05) is 0 Å². The van der Waals surface area contributed by atoms with Crippen LogP contribution in [0.1, 0.15) is 19.3 Å². The number of methoxy groups -OCH3 is 1. The second-order valence-corrected chi connectivity index (χ2v) is 4.36. The summed E-state index contributed by atoms with van der Waals surface area (Å²) in [5.74, 6) is 0. The van der Waals surface area contributed by atoms with Crippen LogP contribution in [0.3, 0.4) is 0 Å². The third-order valence-corrected chi connectivity index (χ3v) is 2.99. The van der Waals surface area contributed by atoms with Gasteiger partial charge in [0.2, 0.25) is 0 Å². The van der Waals surface area contributed by atoms with Crippen LogP contribution in [0.15, 0.2) is 0 Å². The average molecular weight is 210 g/mol. The minimum absolute atomic E-state index is 0.133. The zero-order chi connectivity index (χ0) is 10.3. The Balaban J connectivity index is 4.11. The maximum absolute atomic E-state index is 10.7. The highest BCUT2D eigenvalue weighted by atomic mass is 32.2. The summed E-state index contributed by atoms with van der Waals surface area (Å²) >= 11 is 0. The van der Waals surface area contributed by atoms with Crippen molar-refractivity contribution < 1.29 is 22.5 Å². The van der Waals surface area contributed by atoms with Gasteiger partial charge in [0.05, 0.1) is 5.25 Å². The van der Waals surface area contributed by atoms with Gasteiger partial charge in [0, 0.05) is 20.1 Å². The molecule has 0 aromatic heterocycles. The molecule has 5 nitrogen and oxygen atoms in total. The highest BCUT2D eigenvalue weighted by Crippen LogP contribution is 2.10. The Kier molecular flexibility index (Phi) is 5.85. The van der Waals surface area contributed by atoms with E-state index in [-0.39, 0.29) is 25.9 Å². The predicted molar refractivity (Wildman–Crippen MR) is 47.1 cm³/mol. The topological polar surface area (TPSA) is 80.7 Å². The van der Waals surface area contributed by atoms with Crippen molar-refractivity contribution in [3.8, 4) is 0 Å². The first-order valence-corrected chi connectivity index (χ1v) is 5.41. The van der Waals surface area contributed by atoms with Gasteiger partial charge in [-0.15, -0.1) is 0 Å². The molecule has 0 heterocycles. The zero-order valence-corrected chi connectivity index (χ0v) is 8.29. The standard InChI is InChI=1S/C7H14O5S/c1-12-6-4-7(3-2-5-8)13(9,10)11/h5,7H,2-4,6H2,1H3,(H,9,10,11). The average Bonchev–Trinajstić information content (AvgIpc) is 2.02. The molecule has 78 valence electrons. The second kappa shape index (κ2) is 6.06. The lowest BCUT2D eigenvalue weighted by atomic mass is 10.2. The SMILES string of the molecule is COCCC(CCC=O)S(=O)(=O)O. The maximum Gasteiger partial charge on any atom is 0.267 e. The van der Waals surface area contributed by atoms with Crippen LogP contribution in [-0.4, -0.2) is 38.2 Å². The lowest BCUT2D eigenvalue weighted by molar-refractivity contribution is -0.107. The van der Waals surface area contributed by atoms with E-state index in [1.807, 2.05) is 0 Å². The molecule has 0 fully saturated rings.